The first-order valence-corrected chi connectivity index (χ1v) is 11.4. The molecule has 0 aromatic heterocycles. The van der Waals surface area contributed by atoms with Gasteiger partial charge in [-0.05, 0) is 89.3 Å². The first-order chi connectivity index (χ1) is 15.3. The summed E-state index contributed by atoms with van der Waals surface area (Å²) in [6, 6.07) is 11.9. The number of carbonyl (C=O) groups is 4. The molecule has 8 nitrogen and oxygen atoms in total. The number of imide groups is 1. The van der Waals surface area contributed by atoms with Crippen LogP contribution < -0.4 is 14.8 Å². The molecule has 0 saturated carbocycles. The second-order valence-electron chi connectivity index (χ2n) is 6.56. The molecule has 0 aliphatic carbocycles. The van der Waals surface area contributed by atoms with E-state index in [1.54, 1.807) is 37.3 Å². The third kappa shape index (κ3) is 6.10. The van der Waals surface area contributed by atoms with E-state index >= 15 is 0 Å². The van der Waals surface area contributed by atoms with Gasteiger partial charge in [0.2, 0.25) is 5.91 Å². The number of ether oxygens (including phenoxy) is 2. The maximum atomic E-state index is 12.7. The van der Waals surface area contributed by atoms with Crippen molar-refractivity contribution in [3.05, 3.63) is 56.5 Å². The molecule has 32 heavy (non-hydrogen) atoms. The average molecular weight is 566 g/mol. The van der Waals surface area contributed by atoms with E-state index in [0.29, 0.717) is 23.6 Å². The lowest BCUT2D eigenvalue weighted by Crippen LogP contribution is -2.36. The van der Waals surface area contributed by atoms with Gasteiger partial charge >= 0.3 is 5.97 Å². The van der Waals surface area contributed by atoms with Gasteiger partial charge in [0.1, 0.15) is 6.54 Å². The maximum Gasteiger partial charge on any atom is 0.308 e. The minimum absolute atomic E-state index is 0.180. The molecule has 0 spiro atoms. The Bertz CT molecular complexity index is 1100. The van der Waals surface area contributed by atoms with Gasteiger partial charge in [-0.15, -0.1) is 0 Å². The number of halogens is 1. The summed E-state index contributed by atoms with van der Waals surface area (Å²) in [5, 5.41) is 2.14. The number of nitrogens with zero attached hydrogens (tertiary/aromatic N) is 1. The van der Waals surface area contributed by atoms with Crippen LogP contribution >= 0.6 is 34.4 Å². The minimum atomic E-state index is -0.556. The fourth-order valence-corrected chi connectivity index (χ4v) is 3.98. The number of benzene rings is 2. The molecule has 3 rings (SSSR count). The molecular weight excluding hydrogens is 547 g/mol. The predicted octanol–water partition coefficient (Wildman–Crippen LogP) is 4.29. The SMILES string of the molecule is CCOc1cc(/C=C2/SC(=O)N(CC(=O)Nc3ccc(I)cc3)C2=O)ccc1OC(C)=O. The summed E-state index contributed by atoms with van der Waals surface area (Å²) in [4.78, 5) is 49.7. The number of anilines is 1. The summed E-state index contributed by atoms with van der Waals surface area (Å²) in [6.45, 7) is 3.04. The fraction of sp³-hybridized carbons (Fsp3) is 0.182. The minimum Gasteiger partial charge on any atom is -0.490 e. The van der Waals surface area contributed by atoms with Crippen LogP contribution in [0.4, 0.5) is 10.5 Å². The molecule has 0 unspecified atom stereocenters. The lowest BCUT2D eigenvalue weighted by Gasteiger charge is -2.12. The number of esters is 1. The molecule has 0 atom stereocenters. The summed E-state index contributed by atoms with van der Waals surface area (Å²) < 4.78 is 11.6. The fourth-order valence-electron chi connectivity index (χ4n) is 2.79. The topological polar surface area (TPSA) is 102 Å². The molecule has 0 radical (unpaired) electrons. The van der Waals surface area contributed by atoms with Crippen LogP contribution in [0.15, 0.2) is 47.4 Å². The highest BCUT2D eigenvalue weighted by molar-refractivity contribution is 14.1. The van der Waals surface area contributed by atoms with Crippen LogP contribution in [-0.2, 0) is 14.4 Å². The van der Waals surface area contributed by atoms with Gasteiger partial charge in [-0.1, -0.05) is 6.07 Å². The van der Waals surface area contributed by atoms with Crippen molar-refractivity contribution < 1.29 is 28.7 Å². The van der Waals surface area contributed by atoms with Gasteiger partial charge in [-0.25, -0.2) is 0 Å². The molecule has 10 heteroatoms. The van der Waals surface area contributed by atoms with Gasteiger partial charge in [-0.3, -0.25) is 24.1 Å². The van der Waals surface area contributed by atoms with Crippen LogP contribution in [0.25, 0.3) is 6.08 Å². The van der Waals surface area contributed by atoms with Gasteiger partial charge in [-0.2, -0.15) is 0 Å². The third-order valence-electron chi connectivity index (χ3n) is 4.12. The Morgan fingerprint density at radius 2 is 1.84 bits per heavy atom. The van der Waals surface area contributed by atoms with Crippen molar-refractivity contribution in [1.29, 1.82) is 0 Å². The molecule has 1 fully saturated rings. The first kappa shape index (κ1) is 23.8. The van der Waals surface area contributed by atoms with E-state index in [-0.39, 0.29) is 17.2 Å². The zero-order valence-corrected chi connectivity index (χ0v) is 20.2. The van der Waals surface area contributed by atoms with Crippen molar-refractivity contribution in [1.82, 2.24) is 4.90 Å². The molecule has 0 bridgehead atoms. The highest BCUT2D eigenvalue weighted by atomic mass is 127. The van der Waals surface area contributed by atoms with E-state index in [2.05, 4.69) is 27.9 Å². The molecule has 1 saturated heterocycles. The molecule has 1 aliphatic rings. The summed E-state index contributed by atoms with van der Waals surface area (Å²) in [6.07, 6.45) is 1.53. The highest BCUT2D eigenvalue weighted by Gasteiger charge is 2.36. The van der Waals surface area contributed by atoms with E-state index in [4.69, 9.17) is 9.47 Å². The van der Waals surface area contributed by atoms with E-state index in [0.717, 1.165) is 20.2 Å². The lowest BCUT2D eigenvalue weighted by molar-refractivity contribution is -0.132. The highest BCUT2D eigenvalue weighted by Crippen LogP contribution is 2.34. The Kier molecular flexibility index (Phi) is 7.91. The lowest BCUT2D eigenvalue weighted by atomic mass is 10.2. The van der Waals surface area contributed by atoms with Crippen molar-refractivity contribution in [2.45, 2.75) is 13.8 Å². The van der Waals surface area contributed by atoms with Crippen LogP contribution in [0.2, 0.25) is 0 Å². The van der Waals surface area contributed by atoms with Gasteiger partial charge < -0.3 is 14.8 Å². The molecule has 2 aromatic carbocycles. The Hall–Kier alpha value is -2.86. The number of nitrogens with one attached hydrogen (secondary N) is 1. The molecule has 1 N–H and O–H groups in total. The average Bonchev–Trinajstić information content (AvgIpc) is 2.99. The second-order valence-corrected chi connectivity index (χ2v) is 8.79. The summed E-state index contributed by atoms with van der Waals surface area (Å²) in [5.74, 6) is -0.910. The van der Waals surface area contributed by atoms with Crippen LogP contribution in [0, 0.1) is 3.57 Å². The molecule has 2 aromatic rings. The van der Waals surface area contributed by atoms with Crippen LogP contribution in [0.1, 0.15) is 19.4 Å². The number of carbonyl (C=O) groups excluding carboxylic acids is 4. The Labute approximate surface area is 202 Å². The number of amides is 3. The third-order valence-corrected chi connectivity index (χ3v) is 5.75. The first-order valence-electron chi connectivity index (χ1n) is 9.53. The van der Waals surface area contributed by atoms with Crippen molar-refractivity contribution in [3.63, 3.8) is 0 Å². The standard InChI is InChI=1S/C22H19IN2O6S/c1-3-30-18-10-14(4-9-17(18)31-13(2)26)11-19-21(28)25(22(29)32-19)12-20(27)24-16-7-5-15(23)6-8-16/h4-11H,3,12H2,1-2H3,(H,24,27)/b19-11+. The molecule has 166 valence electrons. The van der Waals surface area contributed by atoms with Crippen LogP contribution in [0.5, 0.6) is 11.5 Å². The molecule has 1 aliphatic heterocycles. The zero-order valence-electron chi connectivity index (χ0n) is 17.2. The van der Waals surface area contributed by atoms with E-state index in [1.165, 1.54) is 13.0 Å². The molecule has 3 amide bonds. The number of hydrogen-bond donors (Lipinski definition) is 1. The number of hydrogen-bond acceptors (Lipinski definition) is 7. The molecule has 1 heterocycles. The second kappa shape index (κ2) is 10.6. The monoisotopic (exact) mass is 566 g/mol. The number of thioether (sulfide) groups is 1. The van der Waals surface area contributed by atoms with Gasteiger partial charge in [0.25, 0.3) is 11.1 Å². The number of rotatable bonds is 7. The smallest absolute Gasteiger partial charge is 0.308 e. The normalized spacial score (nSPS) is 14.6. The Morgan fingerprint density at radius 1 is 1.12 bits per heavy atom. The van der Waals surface area contributed by atoms with Crippen molar-refractivity contribution in [3.8, 4) is 11.5 Å². The van der Waals surface area contributed by atoms with Crippen LogP contribution in [-0.4, -0.2) is 41.1 Å². The van der Waals surface area contributed by atoms with E-state index in [9.17, 15) is 19.2 Å². The largest absolute Gasteiger partial charge is 0.490 e. The Balaban J connectivity index is 1.73. The summed E-state index contributed by atoms with van der Waals surface area (Å²) in [5.41, 5.74) is 1.16. The summed E-state index contributed by atoms with van der Waals surface area (Å²) in [7, 11) is 0. The predicted molar refractivity (Wildman–Crippen MR) is 129 cm³/mol. The quantitative estimate of drug-likeness (QED) is 0.231. The van der Waals surface area contributed by atoms with Crippen molar-refractivity contribution in [2.24, 2.45) is 0 Å². The van der Waals surface area contributed by atoms with Crippen molar-refractivity contribution >= 4 is 69.1 Å². The van der Waals surface area contributed by atoms with Gasteiger partial charge in [0, 0.05) is 16.2 Å². The zero-order chi connectivity index (χ0) is 23.3. The summed E-state index contributed by atoms with van der Waals surface area (Å²) >= 11 is 2.90. The molecular formula is C22H19IN2O6S. The van der Waals surface area contributed by atoms with Crippen LogP contribution in [0.3, 0.4) is 0 Å². The maximum absolute atomic E-state index is 12.7. The van der Waals surface area contributed by atoms with Gasteiger partial charge in [0.05, 0.1) is 11.5 Å². The van der Waals surface area contributed by atoms with Gasteiger partial charge in [0.15, 0.2) is 11.5 Å². The van der Waals surface area contributed by atoms with Crippen molar-refractivity contribution in [2.75, 3.05) is 18.5 Å². The Morgan fingerprint density at radius 3 is 2.50 bits per heavy atom. The van der Waals surface area contributed by atoms with E-state index in [1.807, 2.05) is 12.1 Å². The van der Waals surface area contributed by atoms with E-state index < -0.39 is 23.0 Å².